The third-order valence-corrected chi connectivity index (χ3v) is 8.57. The molecule has 0 radical (unpaired) electrons. The van der Waals surface area contributed by atoms with E-state index < -0.39 is 27.1 Å². The molecule has 0 aliphatic carbocycles. The van der Waals surface area contributed by atoms with Gasteiger partial charge >= 0.3 is 6.18 Å². The van der Waals surface area contributed by atoms with Crippen LogP contribution in [-0.4, -0.2) is 53.7 Å². The lowest BCUT2D eigenvalue weighted by molar-refractivity contribution is -0.138. The fourth-order valence-electron chi connectivity index (χ4n) is 4.69. The molecule has 2 aromatic carbocycles. The van der Waals surface area contributed by atoms with Gasteiger partial charge in [0, 0.05) is 37.6 Å². The lowest BCUT2D eigenvalue weighted by Crippen LogP contribution is -2.35. The Morgan fingerprint density at radius 3 is 2.58 bits per heavy atom. The molecule has 1 saturated heterocycles. The van der Waals surface area contributed by atoms with Gasteiger partial charge in [-0.15, -0.1) is 0 Å². The summed E-state index contributed by atoms with van der Waals surface area (Å²) < 4.78 is 68.3. The van der Waals surface area contributed by atoms with E-state index in [1.165, 1.54) is 44.4 Å². The Labute approximate surface area is 222 Å². The van der Waals surface area contributed by atoms with Crippen molar-refractivity contribution < 1.29 is 26.4 Å². The minimum atomic E-state index is -4.72. The molecule has 0 spiro atoms. The molecule has 1 aromatic heterocycles. The average Bonchev–Trinajstić information content (AvgIpc) is 3.25. The normalized spacial score (nSPS) is 16.7. The molecule has 2 heterocycles. The first kappa shape index (κ1) is 28.1. The minimum Gasteiger partial charge on any atom is -0.352 e. The van der Waals surface area contributed by atoms with E-state index in [4.69, 9.17) is 11.6 Å². The maximum absolute atomic E-state index is 14.1. The van der Waals surface area contributed by atoms with Crippen LogP contribution in [0.2, 0.25) is 5.02 Å². The van der Waals surface area contributed by atoms with E-state index in [0.29, 0.717) is 19.5 Å². The number of sulfone groups is 1. The predicted molar refractivity (Wildman–Crippen MR) is 137 cm³/mol. The second-order valence-electron chi connectivity index (χ2n) is 9.28. The van der Waals surface area contributed by atoms with Gasteiger partial charge < -0.3 is 5.32 Å². The van der Waals surface area contributed by atoms with Crippen molar-refractivity contribution >= 4 is 38.2 Å². The number of nitrogens with zero attached hydrogens (tertiary/aromatic N) is 3. The van der Waals surface area contributed by atoms with Gasteiger partial charge in [-0.05, 0) is 47.9 Å². The molecule has 0 unspecified atom stereocenters. The van der Waals surface area contributed by atoms with Crippen LogP contribution < -0.4 is 10.9 Å². The Hall–Kier alpha value is -2.96. The third-order valence-electron chi connectivity index (χ3n) is 6.51. The molecule has 3 aromatic rings. The number of hydrogen-bond donors (Lipinski definition) is 1. The zero-order valence-corrected chi connectivity index (χ0v) is 22.3. The average molecular weight is 571 g/mol. The molecule has 1 aliphatic heterocycles. The summed E-state index contributed by atoms with van der Waals surface area (Å²) in [7, 11) is -3.65. The van der Waals surface area contributed by atoms with Gasteiger partial charge in [0.25, 0.3) is 5.56 Å². The molecule has 1 fully saturated rings. The van der Waals surface area contributed by atoms with Crippen LogP contribution in [0.25, 0.3) is 10.9 Å². The first-order valence-electron chi connectivity index (χ1n) is 11.9. The highest BCUT2D eigenvalue weighted by Crippen LogP contribution is 2.35. The molecule has 1 N–H and O–H groups in total. The lowest BCUT2D eigenvalue weighted by Gasteiger charge is -2.20. The Morgan fingerprint density at radius 1 is 1.18 bits per heavy atom. The maximum Gasteiger partial charge on any atom is 0.416 e. The van der Waals surface area contributed by atoms with Gasteiger partial charge in [-0.3, -0.25) is 19.1 Å². The zero-order chi connectivity index (χ0) is 27.8. The van der Waals surface area contributed by atoms with E-state index in [0.717, 1.165) is 10.6 Å². The van der Waals surface area contributed by atoms with E-state index in [9.17, 15) is 31.2 Å². The van der Waals surface area contributed by atoms with Gasteiger partial charge in [-0.2, -0.15) is 13.2 Å². The number of carbonyl (C=O) groups excluding carboxylic acids is 1. The first-order chi connectivity index (χ1) is 17.8. The standard InChI is InChI=1S/C25H26ClF3N4O4S/c1-3-38(36,37)23-5-4-18(26)8-17(23)12-33-14-30-22-9-16(11-32-7-6-19(13-32)31-15(2)34)21(25(27,28)29)10-20(22)24(33)35/h4-5,8-10,14,19H,3,6-7,11-13H2,1-2H3,(H,31,34)/t19-/m1/s1. The molecule has 38 heavy (non-hydrogen) atoms. The highest BCUT2D eigenvalue weighted by atomic mass is 35.5. The van der Waals surface area contributed by atoms with E-state index in [2.05, 4.69) is 10.3 Å². The number of alkyl halides is 3. The van der Waals surface area contributed by atoms with Gasteiger partial charge in [0.1, 0.15) is 0 Å². The lowest BCUT2D eigenvalue weighted by atomic mass is 10.0. The van der Waals surface area contributed by atoms with Crippen LogP contribution >= 0.6 is 11.6 Å². The quantitative estimate of drug-likeness (QED) is 0.466. The number of nitrogens with one attached hydrogen (secondary N) is 1. The van der Waals surface area contributed by atoms with Crippen LogP contribution in [0.4, 0.5) is 13.2 Å². The number of hydrogen-bond acceptors (Lipinski definition) is 6. The number of amides is 1. The summed E-state index contributed by atoms with van der Waals surface area (Å²) in [6, 6.07) is 6.11. The Bertz CT molecular complexity index is 1560. The highest BCUT2D eigenvalue weighted by Gasteiger charge is 2.35. The van der Waals surface area contributed by atoms with E-state index in [1.54, 1.807) is 0 Å². The summed E-state index contributed by atoms with van der Waals surface area (Å²) in [4.78, 5) is 30.6. The van der Waals surface area contributed by atoms with Crippen molar-refractivity contribution in [3.63, 3.8) is 0 Å². The van der Waals surface area contributed by atoms with Crippen LogP contribution in [0.15, 0.2) is 46.3 Å². The molecule has 0 saturated carbocycles. The van der Waals surface area contributed by atoms with Crippen molar-refractivity contribution in [2.45, 2.75) is 50.5 Å². The van der Waals surface area contributed by atoms with Crippen molar-refractivity contribution in [2.24, 2.45) is 0 Å². The van der Waals surface area contributed by atoms with E-state index in [-0.39, 0.29) is 62.7 Å². The van der Waals surface area contributed by atoms with Crippen LogP contribution in [0.5, 0.6) is 0 Å². The van der Waals surface area contributed by atoms with Crippen molar-refractivity contribution in [1.29, 1.82) is 0 Å². The topological polar surface area (TPSA) is 101 Å². The molecular formula is C25H26ClF3N4O4S. The molecule has 1 aliphatic rings. The number of benzene rings is 2. The molecule has 204 valence electrons. The monoisotopic (exact) mass is 570 g/mol. The Morgan fingerprint density at radius 2 is 1.92 bits per heavy atom. The van der Waals surface area contributed by atoms with Gasteiger partial charge in [-0.1, -0.05) is 18.5 Å². The predicted octanol–water partition coefficient (Wildman–Crippen LogP) is 3.62. The summed E-state index contributed by atoms with van der Waals surface area (Å²) in [5.74, 6) is -0.372. The first-order valence-corrected chi connectivity index (χ1v) is 13.9. The Kier molecular flexibility index (Phi) is 7.87. The van der Waals surface area contributed by atoms with Gasteiger partial charge in [0.2, 0.25) is 5.91 Å². The Balaban J connectivity index is 1.73. The molecule has 13 heteroatoms. The summed E-state index contributed by atoms with van der Waals surface area (Å²) in [5.41, 5.74) is -1.37. The third kappa shape index (κ3) is 6.02. The number of carbonyl (C=O) groups is 1. The van der Waals surface area contributed by atoms with E-state index in [1.807, 2.05) is 4.90 Å². The molecular weight excluding hydrogens is 545 g/mol. The number of aromatic nitrogens is 2. The van der Waals surface area contributed by atoms with Crippen molar-refractivity contribution in [1.82, 2.24) is 19.8 Å². The van der Waals surface area contributed by atoms with E-state index >= 15 is 0 Å². The number of rotatable bonds is 7. The van der Waals surface area contributed by atoms with Crippen LogP contribution in [-0.2, 0) is 33.9 Å². The van der Waals surface area contributed by atoms with Crippen LogP contribution in [0.1, 0.15) is 37.0 Å². The summed E-state index contributed by atoms with van der Waals surface area (Å²) >= 11 is 6.06. The molecule has 1 amide bonds. The van der Waals surface area contributed by atoms with Gasteiger partial charge in [0.15, 0.2) is 9.84 Å². The smallest absolute Gasteiger partial charge is 0.352 e. The van der Waals surface area contributed by atoms with Crippen LogP contribution in [0, 0.1) is 0 Å². The molecule has 8 nitrogen and oxygen atoms in total. The van der Waals surface area contributed by atoms with Crippen molar-refractivity contribution in [3.8, 4) is 0 Å². The number of fused-ring (bicyclic) bond motifs is 1. The van der Waals surface area contributed by atoms with Crippen molar-refractivity contribution in [2.75, 3.05) is 18.8 Å². The second kappa shape index (κ2) is 10.7. The SMILES string of the molecule is CCS(=O)(=O)c1ccc(Cl)cc1Cn1cnc2cc(CN3CC[C@@H](NC(C)=O)C3)c(C(F)(F)F)cc2c1=O. The summed E-state index contributed by atoms with van der Waals surface area (Å²) in [5, 5.41) is 2.80. The number of likely N-dealkylation sites (tertiary alicyclic amines) is 1. The molecule has 1 atom stereocenters. The maximum atomic E-state index is 14.1. The largest absolute Gasteiger partial charge is 0.416 e. The zero-order valence-electron chi connectivity index (χ0n) is 20.7. The molecule has 4 rings (SSSR count). The number of halogens is 4. The van der Waals surface area contributed by atoms with Gasteiger partial charge in [0.05, 0.1) is 40.0 Å². The van der Waals surface area contributed by atoms with Crippen LogP contribution in [0.3, 0.4) is 0 Å². The van der Waals surface area contributed by atoms with Gasteiger partial charge in [-0.25, -0.2) is 13.4 Å². The highest BCUT2D eigenvalue weighted by molar-refractivity contribution is 7.91. The second-order valence-corrected chi connectivity index (χ2v) is 12.0. The fraction of sp³-hybridized carbons (Fsp3) is 0.400. The van der Waals surface area contributed by atoms with Crippen molar-refractivity contribution in [3.05, 3.63) is 68.7 Å². The summed E-state index contributed by atoms with van der Waals surface area (Å²) in [6.07, 6.45) is -2.91. The molecule has 0 bridgehead atoms. The fourth-order valence-corrected chi connectivity index (χ4v) is 6.00. The minimum absolute atomic E-state index is 0.00842. The summed E-state index contributed by atoms with van der Waals surface area (Å²) in [6.45, 7) is 3.53.